The van der Waals surface area contributed by atoms with E-state index in [9.17, 15) is 4.79 Å². The van der Waals surface area contributed by atoms with Gasteiger partial charge in [0.1, 0.15) is 5.82 Å². The fourth-order valence-electron chi connectivity index (χ4n) is 4.29. The lowest BCUT2D eigenvalue weighted by Gasteiger charge is -2.30. The van der Waals surface area contributed by atoms with Crippen molar-refractivity contribution in [1.82, 2.24) is 14.9 Å². The molecule has 1 aliphatic carbocycles. The van der Waals surface area contributed by atoms with E-state index in [0.717, 1.165) is 30.9 Å². The fourth-order valence-corrected chi connectivity index (χ4v) is 4.29. The number of nitrogens with zero attached hydrogens (tertiary/aromatic N) is 4. The van der Waals surface area contributed by atoms with Crippen molar-refractivity contribution >= 4 is 11.7 Å². The number of carbonyl (C=O) groups is 1. The minimum absolute atomic E-state index is 0.158. The molecule has 0 radical (unpaired) electrons. The maximum atomic E-state index is 12.7. The summed E-state index contributed by atoms with van der Waals surface area (Å²) in [4.78, 5) is 25.6. The molecule has 0 bridgehead atoms. The van der Waals surface area contributed by atoms with Crippen LogP contribution in [-0.2, 0) is 0 Å². The van der Waals surface area contributed by atoms with E-state index in [1.807, 2.05) is 41.4 Å². The largest absolute Gasteiger partial charge is 0.355 e. The van der Waals surface area contributed by atoms with Crippen LogP contribution in [0.15, 0.2) is 48.9 Å². The molecule has 2 fully saturated rings. The van der Waals surface area contributed by atoms with Gasteiger partial charge in [0, 0.05) is 50.1 Å². The standard InChI is InChI=1S/C19H22N4O/c1-22(18-11-20-9-10-21-18)17-8-7-15-12-23(13-16(15)17)19(24)14-5-3-2-4-6-14/h2-6,9-11,15-17H,7-8,12-13H2,1H3/t15-,16+,17-/m1/s1. The Kier molecular flexibility index (Phi) is 3.92. The van der Waals surface area contributed by atoms with Crippen molar-refractivity contribution in [2.75, 3.05) is 25.0 Å². The summed E-state index contributed by atoms with van der Waals surface area (Å²) >= 11 is 0. The first-order valence-electron chi connectivity index (χ1n) is 8.57. The Morgan fingerprint density at radius 3 is 2.75 bits per heavy atom. The predicted molar refractivity (Wildman–Crippen MR) is 92.8 cm³/mol. The first kappa shape index (κ1) is 15.1. The second-order valence-corrected chi connectivity index (χ2v) is 6.82. The van der Waals surface area contributed by atoms with Gasteiger partial charge in [-0.1, -0.05) is 18.2 Å². The van der Waals surface area contributed by atoms with Gasteiger partial charge in [-0.2, -0.15) is 0 Å². The first-order valence-corrected chi connectivity index (χ1v) is 8.57. The molecular weight excluding hydrogens is 300 g/mol. The van der Waals surface area contributed by atoms with Crippen LogP contribution in [0.3, 0.4) is 0 Å². The molecule has 1 amide bonds. The molecule has 2 heterocycles. The third-order valence-electron chi connectivity index (χ3n) is 5.54. The van der Waals surface area contributed by atoms with Gasteiger partial charge in [-0.15, -0.1) is 0 Å². The molecule has 5 heteroatoms. The number of hydrogen-bond donors (Lipinski definition) is 0. The Balaban J connectivity index is 1.48. The molecule has 2 aromatic rings. The number of fused-ring (bicyclic) bond motifs is 1. The second kappa shape index (κ2) is 6.23. The summed E-state index contributed by atoms with van der Waals surface area (Å²) in [6.45, 7) is 1.72. The highest BCUT2D eigenvalue weighted by Crippen LogP contribution is 2.41. The molecule has 124 valence electrons. The van der Waals surface area contributed by atoms with Crippen LogP contribution in [0.1, 0.15) is 23.2 Å². The zero-order chi connectivity index (χ0) is 16.5. The molecular formula is C19H22N4O. The number of rotatable bonds is 3. The van der Waals surface area contributed by atoms with Crippen molar-refractivity contribution < 1.29 is 4.79 Å². The van der Waals surface area contributed by atoms with E-state index in [0.29, 0.717) is 17.9 Å². The quantitative estimate of drug-likeness (QED) is 0.871. The number of anilines is 1. The van der Waals surface area contributed by atoms with E-state index < -0.39 is 0 Å². The third kappa shape index (κ3) is 2.64. The minimum Gasteiger partial charge on any atom is -0.355 e. The summed E-state index contributed by atoms with van der Waals surface area (Å²) in [6, 6.07) is 10.0. The van der Waals surface area contributed by atoms with Crippen LogP contribution in [0.5, 0.6) is 0 Å². The number of benzene rings is 1. The molecule has 1 aliphatic heterocycles. The van der Waals surface area contributed by atoms with Gasteiger partial charge in [0.2, 0.25) is 0 Å². The molecule has 3 atom stereocenters. The summed E-state index contributed by atoms with van der Waals surface area (Å²) in [7, 11) is 2.10. The molecule has 1 saturated heterocycles. The third-order valence-corrected chi connectivity index (χ3v) is 5.54. The Bertz CT molecular complexity index is 706. The molecule has 1 aromatic heterocycles. The molecule has 4 rings (SSSR count). The van der Waals surface area contributed by atoms with Gasteiger partial charge in [0.05, 0.1) is 6.20 Å². The number of hydrogen-bond acceptors (Lipinski definition) is 4. The highest BCUT2D eigenvalue weighted by atomic mass is 16.2. The average Bonchev–Trinajstić information content (AvgIpc) is 3.22. The SMILES string of the molecule is CN(c1cnccn1)[C@@H]1CC[C@@H]2CN(C(=O)c3ccccc3)C[C@@H]21. The van der Waals surface area contributed by atoms with E-state index in [2.05, 4.69) is 21.9 Å². The van der Waals surface area contributed by atoms with Crippen LogP contribution in [0.2, 0.25) is 0 Å². The zero-order valence-corrected chi connectivity index (χ0v) is 13.9. The van der Waals surface area contributed by atoms with Crippen molar-refractivity contribution in [2.45, 2.75) is 18.9 Å². The topological polar surface area (TPSA) is 49.3 Å². The van der Waals surface area contributed by atoms with E-state index in [1.54, 1.807) is 12.4 Å². The summed E-state index contributed by atoms with van der Waals surface area (Å²) < 4.78 is 0. The summed E-state index contributed by atoms with van der Waals surface area (Å²) in [6.07, 6.45) is 7.59. The van der Waals surface area contributed by atoms with Gasteiger partial charge in [0.15, 0.2) is 0 Å². The van der Waals surface area contributed by atoms with E-state index in [4.69, 9.17) is 0 Å². The Labute approximate surface area is 142 Å². The molecule has 0 unspecified atom stereocenters. The number of amides is 1. The van der Waals surface area contributed by atoms with Crippen LogP contribution >= 0.6 is 0 Å². The van der Waals surface area contributed by atoms with Gasteiger partial charge in [0.25, 0.3) is 5.91 Å². The Morgan fingerprint density at radius 2 is 2.00 bits per heavy atom. The Hall–Kier alpha value is -2.43. The molecule has 1 aromatic carbocycles. The van der Waals surface area contributed by atoms with Crippen molar-refractivity contribution in [1.29, 1.82) is 0 Å². The zero-order valence-electron chi connectivity index (χ0n) is 13.9. The highest BCUT2D eigenvalue weighted by Gasteiger charge is 2.45. The maximum Gasteiger partial charge on any atom is 0.253 e. The van der Waals surface area contributed by atoms with Gasteiger partial charge in [-0.3, -0.25) is 9.78 Å². The first-order chi connectivity index (χ1) is 11.7. The fraction of sp³-hybridized carbons (Fsp3) is 0.421. The molecule has 1 saturated carbocycles. The summed E-state index contributed by atoms with van der Waals surface area (Å²) in [5.74, 6) is 2.19. The molecule has 5 nitrogen and oxygen atoms in total. The van der Waals surface area contributed by atoms with Gasteiger partial charge in [-0.25, -0.2) is 4.98 Å². The van der Waals surface area contributed by atoms with E-state index in [1.165, 1.54) is 6.42 Å². The maximum absolute atomic E-state index is 12.7. The number of carbonyl (C=O) groups excluding carboxylic acids is 1. The lowest BCUT2D eigenvalue weighted by Crippen LogP contribution is -2.39. The van der Waals surface area contributed by atoms with E-state index in [-0.39, 0.29) is 5.91 Å². The lowest BCUT2D eigenvalue weighted by atomic mass is 9.97. The summed E-state index contributed by atoms with van der Waals surface area (Å²) in [5, 5.41) is 0. The van der Waals surface area contributed by atoms with E-state index >= 15 is 0 Å². The van der Waals surface area contributed by atoms with Crippen molar-refractivity contribution in [3.05, 3.63) is 54.5 Å². The lowest BCUT2D eigenvalue weighted by molar-refractivity contribution is 0.0779. The van der Waals surface area contributed by atoms with Crippen LogP contribution in [0, 0.1) is 11.8 Å². The van der Waals surface area contributed by atoms with Crippen LogP contribution in [0.25, 0.3) is 0 Å². The van der Waals surface area contributed by atoms with Crippen LogP contribution < -0.4 is 4.90 Å². The van der Waals surface area contributed by atoms with Crippen molar-refractivity contribution in [3.8, 4) is 0 Å². The normalized spacial score (nSPS) is 25.5. The Morgan fingerprint density at radius 1 is 1.17 bits per heavy atom. The van der Waals surface area contributed by atoms with Crippen LogP contribution in [-0.4, -0.2) is 47.0 Å². The molecule has 0 spiro atoms. The van der Waals surface area contributed by atoms with Crippen molar-refractivity contribution in [3.63, 3.8) is 0 Å². The molecule has 2 aliphatic rings. The molecule has 24 heavy (non-hydrogen) atoms. The monoisotopic (exact) mass is 322 g/mol. The summed E-state index contributed by atoms with van der Waals surface area (Å²) in [5.41, 5.74) is 0.788. The molecule has 0 N–H and O–H groups in total. The highest BCUT2D eigenvalue weighted by molar-refractivity contribution is 5.94. The predicted octanol–water partition coefficient (Wildman–Crippen LogP) is 2.46. The van der Waals surface area contributed by atoms with Crippen molar-refractivity contribution in [2.24, 2.45) is 11.8 Å². The number of aromatic nitrogens is 2. The number of likely N-dealkylation sites (tertiary alicyclic amines) is 1. The van der Waals surface area contributed by atoms with Gasteiger partial charge >= 0.3 is 0 Å². The second-order valence-electron chi connectivity index (χ2n) is 6.82. The average molecular weight is 322 g/mol. The minimum atomic E-state index is 0.158. The van der Waals surface area contributed by atoms with Gasteiger partial charge in [-0.05, 0) is 30.9 Å². The smallest absolute Gasteiger partial charge is 0.253 e. The van der Waals surface area contributed by atoms with Gasteiger partial charge < -0.3 is 9.80 Å². The van der Waals surface area contributed by atoms with Crippen LogP contribution in [0.4, 0.5) is 5.82 Å².